The van der Waals surface area contributed by atoms with Gasteiger partial charge in [0.1, 0.15) is 6.10 Å². The van der Waals surface area contributed by atoms with Crippen molar-refractivity contribution in [2.24, 2.45) is 35.0 Å². The van der Waals surface area contributed by atoms with E-state index in [1.54, 1.807) is 12.5 Å². The number of ether oxygens (including phenoxy) is 3. The van der Waals surface area contributed by atoms with E-state index < -0.39 is 0 Å². The highest BCUT2D eigenvalue weighted by Crippen LogP contribution is 2.63. The second kappa shape index (κ2) is 8.73. The van der Waals surface area contributed by atoms with Crippen LogP contribution in [0.4, 0.5) is 0 Å². The molecule has 0 aromatic carbocycles. The topological polar surface area (TPSA) is 44.8 Å². The molecule has 0 unspecified atom stereocenters. The molecule has 32 heavy (non-hydrogen) atoms. The Morgan fingerprint density at radius 1 is 1.03 bits per heavy atom. The van der Waals surface area contributed by atoms with Crippen LogP contribution in [0.25, 0.3) is 0 Å². The molecule has 5 aliphatic rings. The Bertz CT molecular complexity index is 738. The molecule has 4 nitrogen and oxygen atoms in total. The van der Waals surface area contributed by atoms with Crippen molar-refractivity contribution in [3.63, 3.8) is 0 Å². The average Bonchev–Trinajstić information content (AvgIpc) is 3.09. The van der Waals surface area contributed by atoms with Gasteiger partial charge in [-0.05, 0) is 87.4 Å². The molecule has 8 atom stereocenters. The van der Waals surface area contributed by atoms with E-state index in [2.05, 4.69) is 19.9 Å². The van der Waals surface area contributed by atoms with Crippen LogP contribution in [0.5, 0.6) is 0 Å². The quantitative estimate of drug-likeness (QED) is 0.285. The molecule has 0 saturated heterocycles. The zero-order valence-corrected chi connectivity index (χ0v) is 20.7. The van der Waals surface area contributed by atoms with E-state index in [1.165, 1.54) is 51.4 Å². The number of esters is 1. The van der Waals surface area contributed by atoms with Crippen molar-refractivity contribution >= 4 is 5.97 Å². The number of methoxy groups -OCH3 is 1. The number of hydrogen-bond acceptors (Lipinski definition) is 4. The Morgan fingerprint density at radius 3 is 2.53 bits per heavy atom. The van der Waals surface area contributed by atoms with Crippen LogP contribution < -0.4 is 0 Å². The van der Waals surface area contributed by atoms with Crippen LogP contribution in [-0.4, -0.2) is 31.1 Å². The predicted molar refractivity (Wildman–Crippen MR) is 125 cm³/mol. The maximum absolute atomic E-state index is 11.7. The first-order valence-electron chi connectivity index (χ1n) is 13.5. The lowest BCUT2D eigenvalue weighted by atomic mass is 9.49. The van der Waals surface area contributed by atoms with Crippen molar-refractivity contribution in [1.29, 1.82) is 0 Å². The van der Waals surface area contributed by atoms with Gasteiger partial charge >= 0.3 is 5.97 Å². The molecule has 0 bridgehead atoms. The fourth-order valence-electron chi connectivity index (χ4n) is 8.88. The van der Waals surface area contributed by atoms with Gasteiger partial charge in [0.25, 0.3) is 0 Å². The van der Waals surface area contributed by atoms with Gasteiger partial charge in [0, 0.05) is 32.3 Å². The molecule has 5 aliphatic carbocycles. The van der Waals surface area contributed by atoms with Gasteiger partial charge in [-0.25, -0.2) is 0 Å². The summed E-state index contributed by atoms with van der Waals surface area (Å²) in [6.45, 7) is 6.48. The first-order chi connectivity index (χ1) is 15.3. The molecule has 5 rings (SSSR count). The van der Waals surface area contributed by atoms with Crippen LogP contribution in [-0.2, 0) is 19.0 Å². The summed E-state index contributed by atoms with van der Waals surface area (Å²) in [6.07, 6.45) is 17.1. The monoisotopic (exact) mass is 444 g/mol. The lowest BCUT2D eigenvalue weighted by Gasteiger charge is -2.56. The number of carbonyl (C=O) groups is 1. The second-order valence-corrected chi connectivity index (χ2v) is 12.0. The number of carbonyl (C=O) groups excluding carboxylic acids is 1. The smallest absolute Gasteiger partial charge is 0.302 e. The van der Waals surface area contributed by atoms with E-state index in [4.69, 9.17) is 14.2 Å². The zero-order valence-electron chi connectivity index (χ0n) is 20.7. The summed E-state index contributed by atoms with van der Waals surface area (Å²) >= 11 is 0. The van der Waals surface area contributed by atoms with Crippen molar-refractivity contribution in [1.82, 2.24) is 0 Å². The van der Waals surface area contributed by atoms with Crippen LogP contribution in [0.2, 0.25) is 0 Å². The minimum Gasteiger partial charge on any atom is -0.462 e. The summed E-state index contributed by atoms with van der Waals surface area (Å²) in [6, 6.07) is 0. The third kappa shape index (κ3) is 3.87. The van der Waals surface area contributed by atoms with E-state index >= 15 is 0 Å². The number of fused-ring (bicyclic) bond motifs is 5. The van der Waals surface area contributed by atoms with Gasteiger partial charge in [0.15, 0.2) is 5.79 Å². The Kier molecular flexibility index (Phi) is 6.24. The SMILES string of the molecule is COC1(O[C@H]2C=C3C[C@@H](C)[C@@H]4[C@H](CC[C@]5(C)[C@@H](OC(C)=O)CC[C@@H]45)[C@H]3CC2)CCCCC1. The normalized spacial score (nSPS) is 45.2. The van der Waals surface area contributed by atoms with Crippen molar-refractivity contribution in [2.45, 2.75) is 116 Å². The molecule has 0 heterocycles. The number of allylic oxidation sites excluding steroid dienone is 1. The second-order valence-electron chi connectivity index (χ2n) is 12.0. The lowest BCUT2D eigenvalue weighted by molar-refractivity contribution is -0.255. The molecule has 180 valence electrons. The molecule has 4 heteroatoms. The van der Waals surface area contributed by atoms with Crippen molar-refractivity contribution in [3.05, 3.63) is 11.6 Å². The fourth-order valence-corrected chi connectivity index (χ4v) is 8.88. The molecule has 4 saturated carbocycles. The molecule has 4 fully saturated rings. The molecule has 0 spiro atoms. The summed E-state index contributed by atoms with van der Waals surface area (Å²) in [5, 5.41) is 0. The van der Waals surface area contributed by atoms with Crippen LogP contribution >= 0.6 is 0 Å². The molecule has 0 N–H and O–H groups in total. The summed E-state index contributed by atoms with van der Waals surface area (Å²) < 4.78 is 18.4. The van der Waals surface area contributed by atoms with Crippen molar-refractivity contribution < 1.29 is 19.0 Å². The standard InChI is InChI=1S/C28H44O4/c1-18-16-20-17-21(32-28(30-4)13-6-5-7-14-28)8-9-22(20)23-12-15-27(3)24(26(18)23)10-11-25(27)31-19(2)29/h17-18,21-26H,5-16H2,1-4H3/t18-,21-,22+,23-,24+,25+,26-,27+/m1/s1. The van der Waals surface area contributed by atoms with E-state index in [0.717, 1.165) is 43.4 Å². The Hall–Kier alpha value is -0.870. The summed E-state index contributed by atoms with van der Waals surface area (Å²) in [5.74, 6) is 3.26. The lowest BCUT2D eigenvalue weighted by Crippen LogP contribution is -2.51. The van der Waals surface area contributed by atoms with E-state index in [0.29, 0.717) is 11.8 Å². The molecule has 0 aliphatic heterocycles. The highest BCUT2D eigenvalue weighted by molar-refractivity contribution is 5.66. The highest BCUT2D eigenvalue weighted by Gasteiger charge is 2.59. The molecule has 0 aromatic heterocycles. The van der Waals surface area contributed by atoms with E-state index in [9.17, 15) is 4.79 Å². The third-order valence-electron chi connectivity index (χ3n) is 10.3. The largest absolute Gasteiger partial charge is 0.462 e. The summed E-state index contributed by atoms with van der Waals surface area (Å²) in [5.41, 5.74) is 1.85. The number of hydrogen-bond donors (Lipinski definition) is 0. The zero-order chi connectivity index (χ0) is 22.5. The fraction of sp³-hybridized carbons (Fsp3) is 0.893. The Labute approximate surface area is 194 Å². The maximum Gasteiger partial charge on any atom is 0.302 e. The van der Waals surface area contributed by atoms with Crippen LogP contribution in [0.15, 0.2) is 11.6 Å². The molecule has 0 radical (unpaired) electrons. The van der Waals surface area contributed by atoms with Gasteiger partial charge in [0.2, 0.25) is 0 Å². The Balaban J connectivity index is 1.32. The molecule has 0 aromatic rings. The highest BCUT2D eigenvalue weighted by atomic mass is 16.7. The van der Waals surface area contributed by atoms with Crippen molar-refractivity contribution in [3.8, 4) is 0 Å². The molecular formula is C28H44O4. The maximum atomic E-state index is 11.7. The molecular weight excluding hydrogens is 400 g/mol. The van der Waals surface area contributed by atoms with E-state index in [-0.39, 0.29) is 29.4 Å². The van der Waals surface area contributed by atoms with Gasteiger partial charge in [-0.1, -0.05) is 31.9 Å². The van der Waals surface area contributed by atoms with Crippen LogP contribution in [0, 0.1) is 35.0 Å². The Morgan fingerprint density at radius 2 is 1.81 bits per heavy atom. The van der Waals surface area contributed by atoms with Gasteiger partial charge < -0.3 is 14.2 Å². The van der Waals surface area contributed by atoms with Gasteiger partial charge in [-0.3, -0.25) is 4.79 Å². The first kappa shape index (κ1) is 22.9. The van der Waals surface area contributed by atoms with Crippen LogP contribution in [0.3, 0.4) is 0 Å². The van der Waals surface area contributed by atoms with Gasteiger partial charge in [-0.15, -0.1) is 0 Å². The predicted octanol–water partition coefficient (Wildman–Crippen LogP) is 6.43. The first-order valence-corrected chi connectivity index (χ1v) is 13.5. The minimum atomic E-state index is -0.349. The van der Waals surface area contributed by atoms with E-state index in [1.807, 2.05) is 7.11 Å². The number of rotatable bonds is 4. The average molecular weight is 445 g/mol. The third-order valence-corrected chi connectivity index (χ3v) is 10.3. The molecule has 0 amide bonds. The van der Waals surface area contributed by atoms with Gasteiger partial charge in [0.05, 0.1) is 6.10 Å². The van der Waals surface area contributed by atoms with Crippen molar-refractivity contribution in [2.75, 3.05) is 7.11 Å². The van der Waals surface area contributed by atoms with Gasteiger partial charge in [-0.2, -0.15) is 0 Å². The minimum absolute atomic E-state index is 0.106. The summed E-state index contributed by atoms with van der Waals surface area (Å²) in [4.78, 5) is 11.7. The van der Waals surface area contributed by atoms with Crippen LogP contribution in [0.1, 0.15) is 97.8 Å². The summed E-state index contributed by atoms with van der Waals surface area (Å²) in [7, 11) is 1.83.